The molecule has 5 nitrogen and oxygen atoms in total. The van der Waals surface area contributed by atoms with Crippen LogP contribution in [0.1, 0.15) is 20.8 Å². The fourth-order valence-corrected chi connectivity index (χ4v) is 2.78. The topological polar surface area (TPSA) is 71.3 Å². The van der Waals surface area contributed by atoms with Crippen molar-refractivity contribution in [2.45, 2.75) is 0 Å². The molecule has 0 radical (unpaired) electrons. The zero-order valence-corrected chi connectivity index (χ0v) is 13.8. The number of carboxylic acid groups (broad SMARTS) is 1. The van der Waals surface area contributed by atoms with E-state index in [0.717, 1.165) is 4.47 Å². The lowest BCUT2D eigenvalue weighted by Crippen LogP contribution is -2.18. The highest BCUT2D eigenvalue weighted by Crippen LogP contribution is 2.32. The number of hydrogen-bond acceptors (Lipinski definition) is 2. The summed E-state index contributed by atoms with van der Waals surface area (Å²) in [4.78, 5) is 23.5. The SMILES string of the molecule is Cn1cc(Br)cc1C(=O)Nc1c(Cl)ccc(Cl)c1C(=O)O. The number of aryl methyl sites for hydroxylation is 1. The Morgan fingerprint density at radius 1 is 1.29 bits per heavy atom. The summed E-state index contributed by atoms with van der Waals surface area (Å²) < 4.78 is 2.32. The first kappa shape index (κ1) is 15.9. The molecule has 1 heterocycles. The first-order chi connectivity index (χ1) is 9.81. The Balaban J connectivity index is 2.44. The van der Waals surface area contributed by atoms with Crippen molar-refractivity contribution in [3.63, 3.8) is 0 Å². The van der Waals surface area contributed by atoms with Crippen LogP contribution < -0.4 is 5.32 Å². The van der Waals surface area contributed by atoms with Gasteiger partial charge >= 0.3 is 5.97 Å². The molecule has 0 fully saturated rings. The van der Waals surface area contributed by atoms with Crippen LogP contribution in [0.2, 0.25) is 10.0 Å². The number of nitrogens with zero attached hydrogens (tertiary/aromatic N) is 1. The molecule has 1 aromatic carbocycles. The molecule has 0 atom stereocenters. The number of carboxylic acids is 1. The molecule has 0 saturated carbocycles. The van der Waals surface area contributed by atoms with Crippen LogP contribution in [0.15, 0.2) is 28.9 Å². The molecule has 1 amide bonds. The molecule has 1 aromatic heterocycles. The Hall–Kier alpha value is -1.50. The van der Waals surface area contributed by atoms with Crippen molar-refractivity contribution in [1.82, 2.24) is 4.57 Å². The summed E-state index contributed by atoms with van der Waals surface area (Å²) >= 11 is 15.1. The van der Waals surface area contributed by atoms with Crippen LogP contribution in [-0.2, 0) is 7.05 Å². The van der Waals surface area contributed by atoms with Gasteiger partial charge in [0.25, 0.3) is 5.91 Å². The van der Waals surface area contributed by atoms with Crippen LogP contribution in [0.4, 0.5) is 5.69 Å². The lowest BCUT2D eigenvalue weighted by Gasteiger charge is -2.12. The Bertz CT molecular complexity index is 743. The number of anilines is 1. The molecule has 8 heteroatoms. The number of nitrogens with one attached hydrogen (secondary N) is 1. The summed E-state index contributed by atoms with van der Waals surface area (Å²) in [6.07, 6.45) is 1.70. The predicted molar refractivity (Wildman–Crippen MR) is 84.5 cm³/mol. The molecule has 21 heavy (non-hydrogen) atoms. The van der Waals surface area contributed by atoms with Gasteiger partial charge in [-0.3, -0.25) is 4.79 Å². The fourth-order valence-electron chi connectivity index (χ4n) is 1.81. The van der Waals surface area contributed by atoms with E-state index >= 15 is 0 Å². The Labute approximate surface area is 138 Å². The lowest BCUT2D eigenvalue weighted by atomic mass is 10.1. The maximum atomic E-state index is 12.2. The van der Waals surface area contributed by atoms with Crippen molar-refractivity contribution < 1.29 is 14.7 Å². The second-order valence-corrected chi connectivity index (χ2v) is 5.92. The monoisotopic (exact) mass is 390 g/mol. The quantitative estimate of drug-likeness (QED) is 0.829. The Morgan fingerprint density at radius 3 is 2.43 bits per heavy atom. The van der Waals surface area contributed by atoms with Crippen molar-refractivity contribution in [3.05, 3.63) is 50.2 Å². The van der Waals surface area contributed by atoms with Gasteiger partial charge < -0.3 is 15.0 Å². The van der Waals surface area contributed by atoms with Gasteiger partial charge in [0, 0.05) is 17.7 Å². The molecular formula is C13H9BrCl2N2O3. The normalized spacial score (nSPS) is 10.5. The van der Waals surface area contributed by atoms with E-state index in [1.807, 2.05) is 0 Å². The third-order valence-corrected chi connectivity index (χ3v) is 3.82. The minimum absolute atomic E-state index is 0.00439. The van der Waals surface area contributed by atoms with Gasteiger partial charge in [0.15, 0.2) is 0 Å². The standard InChI is InChI=1S/C13H9BrCl2N2O3/c1-18-5-6(14)4-9(18)12(19)17-11-8(16)3-2-7(15)10(11)13(20)21/h2-5H,1H3,(H,17,19)(H,20,21). The number of benzene rings is 1. The molecule has 2 rings (SSSR count). The average molecular weight is 392 g/mol. The van der Waals surface area contributed by atoms with E-state index in [9.17, 15) is 14.7 Å². The molecule has 2 aromatic rings. The van der Waals surface area contributed by atoms with Gasteiger partial charge in [-0.05, 0) is 34.1 Å². The summed E-state index contributed by atoms with van der Waals surface area (Å²) in [5, 5.41) is 11.8. The van der Waals surface area contributed by atoms with Gasteiger partial charge in [-0.25, -0.2) is 4.79 Å². The van der Waals surface area contributed by atoms with E-state index in [1.54, 1.807) is 23.9 Å². The van der Waals surface area contributed by atoms with Crippen LogP contribution in [0.25, 0.3) is 0 Å². The van der Waals surface area contributed by atoms with Crippen molar-refractivity contribution in [1.29, 1.82) is 0 Å². The maximum absolute atomic E-state index is 12.2. The Morgan fingerprint density at radius 2 is 1.90 bits per heavy atom. The zero-order valence-electron chi connectivity index (χ0n) is 10.7. The van der Waals surface area contributed by atoms with E-state index in [2.05, 4.69) is 21.2 Å². The predicted octanol–water partition coefficient (Wildman–Crippen LogP) is 4.04. The molecule has 0 bridgehead atoms. The highest BCUT2D eigenvalue weighted by atomic mass is 79.9. The van der Waals surface area contributed by atoms with Crippen molar-refractivity contribution in [3.8, 4) is 0 Å². The summed E-state index contributed by atoms with van der Waals surface area (Å²) in [7, 11) is 1.69. The van der Waals surface area contributed by atoms with E-state index in [4.69, 9.17) is 23.2 Å². The molecule has 0 saturated heterocycles. The van der Waals surface area contributed by atoms with Crippen molar-refractivity contribution in [2.75, 3.05) is 5.32 Å². The van der Waals surface area contributed by atoms with Gasteiger partial charge in [-0.1, -0.05) is 23.2 Å². The number of amides is 1. The molecule has 0 aliphatic carbocycles. The van der Waals surface area contributed by atoms with E-state index in [-0.39, 0.29) is 21.3 Å². The number of carbonyl (C=O) groups excluding carboxylic acids is 1. The van der Waals surface area contributed by atoms with Crippen LogP contribution in [0.5, 0.6) is 0 Å². The number of halogens is 3. The summed E-state index contributed by atoms with van der Waals surface area (Å²) in [5.41, 5.74) is 0.0686. The first-order valence-corrected chi connectivity index (χ1v) is 7.20. The molecule has 110 valence electrons. The van der Waals surface area contributed by atoms with Crippen molar-refractivity contribution in [2.24, 2.45) is 7.05 Å². The molecule has 0 aliphatic heterocycles. The van der Waals surface area contributed by atoms with Gasteiger partial charge in [0.2, 0.25) is 0 Å². The van der Waals surface area contributed by atoms with Crippen LogP contribution in [-0.4, -0.2) is 21.6 Å². The van der Waals surface area contributed by atoms with Crippen LogP contribution in [0.3, 0.4) is 0 Å². The number of aromatic nitrogens is 1. The largest absolute Gasteiger partial charge is 0.478 e. The summed E-state index contributed by atoms with van der Waals surface area (Å²) in [6, 6.07) is 4.39. The minimum Gasteiger partial charge on any atom is -0.478 e. The average Bonchev–Trinajstić information content (AvgIpc) is 2.72. The van der Waals surface area contributed by atoms with Crippen LogP contribution in [0, 0.1) is 0 Å². The molecule has 2 N–H and O–H groups in total. The highest BCUT2D eigenvalue weighted by Gasteiger charge is 2.21. The van der Waals surface area contributed by atoms with E-state index in [0.29, 0.717) is 5.69 Å². The van der Waals surface area contributed by atoms with Crippen LogP contribution >= 0.6 is 39.1 Å². The smallest absolute Gasteiger partial charge is 0.339 e. The third kappa shape index (κ3) is 3.23. The maximum Gasteiger partial charge on any atom is 0.339 e. The molecule has 0 spiro atoms. The molecule has 0 aliphatic rings. The van der Waals surface area contributed by atoms with E-state index < -0.39 is 11.9 Å². The summed E-state index contributed by atoms with van der Waals surface area (Å²) in [5.74, 6) is -1.76. The highest BCUT2D eigenvalue weighted by molar-refractivity contribution is 9.10. The van der Waals surface area contributed by atoms with E-state index in [1.165, 1.54) is 12.1 Å². The number of carbonyl (C=O) groups is 2. The fraction of sp³-hybridized carbons (Fsp3) is 0.0769. The number of aromatic carboxylic acids is 1. The second kappa shape index (κ2) is 6.09. The minimum atomic E-state index is -1.27. The van der Waals surface area contributed by atoms with Gasteiger partial charge in [-0.15, -0.1) is 0 Å². The second-order valence-electron chi connectivity index (χ2n) is 4.19. The third-order valence-electron chi connectivity index (χ3n) is 2.76. The lowest BCUT2D eigenvalue weighted by molar-refractivity contribution is 0.0698. The zero-order chi connectivity index (χ0) is 15.7. The molecular weight excluding hydrogens is 383 g/mol. The van der Waals surface area contributed by atoms with Gasteiger partial charge in [-0.2, -0.15) is 0 Å². The number of hydrogen-bond donors (Lipinski definition) is 2. The Kier molecular flexibility index (Phi) is 4.61. The van der Waals surface area contributed by atoms with Crippen molar-refractivity contribution >= 4 is 56.7 Å². The summed E-state index contributed by atoms with van der Waals surface area (Å²) in [6.45, 7) is 0. The number of rotatable bonds is 3. The van der Waals surface area contributed by atoms with Gasteiger partial charge in [0.05, 0.1) is 15.7 Å². The molecule has 0 unspecified atom stereocenters. The first-order valence-electron chi connectivity index (χ1n) is 5.65. The van der Waals surface area contributed by atoms with Gasteiger partial charge in [0.1, 0.15) is 11.3 Å².